The van der Waals surface area contributed by atoms with E-state index in [2.05, 4.69) is 4.72 Å². The molecule has 1 aliphatic heterocycles. The van der Waals surface area contributed by atoms with Crippen molar-refractivity contribution in [3.8, 4) is 0 Å². The van der Waals surface area contributed by atoms with Gasteiger partial charge in [0.25, 0.3) is 0 Å². The fourth-order valence-electron chi connectivity index (χ4n) is 2.38. The molecule has 1 aromatic rings. The number of benzene rings is 1. The third-order valence-electron chi connectivity index (χ3n) is 3.24. The van der Waals surface area contributed by atoms with E-state index < -0.39 is 10.0 Å². The largest absolute Gasteiger partial charge is 0.399 e. The Bertz CT molecular complexity index is 540. The molecule has 19 heavy (non-hydrogen) atoms. The third kappa shape index (κ3) is 3.61. The summed E-state index contributed by atoms with van der Waals surface area (Å²) >= 11 is 0. The zero-order valence-electron chi connectivity index (χ0n) is 11.3. The molecule has 1 heterocycles. The molecule has 0 amide bonds. The minimum Gasteiger partial charge on any atom is -0.399 e. The van der Waals surface area contributed by atoms with Gasteiger partial charge in [0.15, 0.2) is 0 Å². The van der Waals surface area contributed by atoms with Gasteiger partial charge in [-0.3, -0.25) is 4.72 Å². The first kappa shape index (κ1) is 14.1. The predicted molar refractivity (Wildman–Crippen MR) is 76.7 cm³/mol. The average Bonchev–Trinajstić information content (AvgIpc) is 2.75. The molecule has 1 atom stereocenters. The lowest BCUT2D eigenvalue weighted by Crippen LogP contribution is -2.26. The number of hydrogen-bond acceptors (Lipinski definition) is 4. The predicted octanol–water partition coefficient (Wildman–Crippen LogP) is 1.81. The van der Waals surface area contributed by atoms with E-state index in [0.29, 0.717) is 18.0 Å². The topological polar surface area (TPSA) is 81.4 Å². The van der Waals surface area contributed by atoms with Crippen LogP contribution < -0.4 is 10.5 Å². The highest BCUT2D eigenvalue weighted by atomic mass is 32.2. The summed E-state index contributed by atoms with van der Waals surface area (Å²) in [7, 11) is -3.39. The Morgan fingerprint density at radius 2 is 2.00 bits per heavy atom. The van der Waals surface area contributed by atoms with Gasteiger partial charge in [0.2, 0.25) is 10.0 Å². The van der Waals surface area contributed by atoms with Crippen LogP contribution in [0.25, 0.3) is 0 Å². The van der Waals surface area contributed by atoms with E-state index in [4.69, 9.17) is 10.5 Å². The molecule has 5 nitrogen and oxygen atoms in total. The molecule has 1 aliphatic rings. The molecular formula is C13H20N2O3S. The van der Waals surface area contributed by atoms with Crippen molar-refractivity contribution in [1.29, 1.82) is 0 Å². The minimum absolute atomic E-state index is 0.0102. The van der Waals surface area contributed by atoms with E-state index >= 15 is 0 Å². The number of sulfonamides is 1. The summed E-state index contributed by atoms with van der Waals surface area (Å²) in [6, 6.07) is 3.52. The Hall–Kier alpha value is -1.27. The Balaban J connectivity index is 2.15. The average molecular weight is 284 g/mol. The van der Waals surface area contributed by atoms with Crippen molar-refractivity contribution in [1.82, 2.24) is 0 Å². The van der Waals surface area contributed by atoms with Gasteiger partial charge in [-0.25, -0.2) is 8.42 Å². The van der Waals surface area contributed by atoms with Crippen LogP contribution in [0.2, 0.25) is 0 Å². The lowest BCUT2D eigenvalue weighted by Gasteiger charge is -2.16. The van der Waals surface area contributed by atoms with Crippen LogP contribution >= 0.6 is 0 Å². The maximum Gasteiger partial charge on any atom is 0.235 e. The van der Waals surface area contributed by atoms with Crippen LogP contribution in [0, 0.1) is 13.8 Å². The fourth-order valence-corrected chi connectivity index (χ4v) is 3.84. The van der Waals surface area contributed by atoms with E-state index in [1.54, 1.807) is 12.1 Å². The fraction of sp³-hybridized carbons (Fsp3) is 0.538. The summed E-state index contributed by atoms with van der Waals surface area (Å²) in [5.74, 6) is 0.0102. The lowest BCUT2D eigenvalue weighted by atomic mass is 10.1. The molecule has 106 valence electrons. The summed E-state index contributed by atoms with van der Waals surface area (Å²) in [6.45, 7) is 4.33. The first-order valence-corrected chi connectivity index (χ1v) is 8.01. The van der Waals surface area contributed by atoms with E-state index in [1.165, 1.54) is 0 Å². The maximum atomic E-state index is 12.1. The van der Waals surface area contributed by atoms with Gasteiger partial charge in [0.05, 0.1) is 17.5 Å². The number of nitrogen functional groups attached to an aromatic ring is 1. The van der Waals surface area contributed by atoms with Crippen LogP contribution in [0.3, 0.4) is 0 Å². The first-order valence-electron chi connectivity index (χ1n) is 6.36. The van der Waals surface area contributed by atoms with Crippen molar-refractivity contribution >= 4 is 21.4 Å². The van der Waals surface area contributed by atoms with Gasteiger partial charge in [-0.05, 0) is 49.9 Å². The van der Waals surface area contributed by atoms with Crippen LogP contribution in [0.15, 0.2) is 12.1 Å². The van der Waals surface area contributed by atoms with Gasteiger partial charge in [-0.2, -0.15) is 0 Å². The first-order chi connectivity index (χ1) is 8.87. The molecule has 0 spiro atoms. The molecule has 3 N–H and O–H groups in total. The van der Waals surface area contributed by atoms with E-state index in [9.17, 15) is 8.42 Å². The monoisotopic (exact) mass is 284 g/mol. The van der Waals surface area contributed by atoms with Crippen molar-refractivity contribution in [2.24, 2.45) is 0 Å². The number of nitrogens with two attached hydrogens (primary N) is 1. The van der Waals surface area contributed by atoms with Gasteiger partial charge in [0.1, 0.15) is 0 Å². The third-order valence-corrected chi connectivity index (χ3v) is 4.57. The second-order valence-corrected chi connectivity index (χ2v) is 6.82. The smallest absolute Gasteiger partial charge is 0.235 e. The molecule has 6 heteroatoms. The van der Waals surface area contributed by atoms with E-state index in [0.717, 1.165) is 24.0 Å². The van der Waals surface area contributed by atoms with Crippen molar-refractivity contribution in [3.05, 3.63) is 23.3 Å². The van der Waals surface area contributed by atoms with Crippen molar-refractivity contribution in [3.63, 3.8) is 0 Å². The number of hydrogen-bond donors (Lipinski definition) is 2. The summed E-state index contributed by atoms with van der Waals surface area (Å²) in [5, 5.41) is 0. The SMILES string of the molecule is Cc1cc(N)cc(C)c1NS(=O)(=O)CC1CCCO1. The highest BCUT2D eigenvalue weighted by Crippen LogP contribution is 2.25. The van der Waals surface area contributed by atoms with Crippen LogP contribution in [-0.2, 0) is 14.8 Å². The van der Waals surface area contributed by atoms with Crippen LogP contribution in [0.4, 0.5) is 11.4 Å². The highest BCUT2D eigenvalue weighted by molar-refractivity contribution is 7.92. The Morgan fingerprint density at radius 3 is 2.53 bits per heavy atom. The number of ether oxygens (including phenoxy) is 1. The molecule has 0 saturated carbocycles. The number of anilines is 2. The molecule has 1 saturated heterocycles. The number of nitrogens with one attached hydrogen (secondary N) is 1. The number of rotatable bonds is 4. The molecule has 0 radical (unpaired) electrons. The molecule has 0 aromatic heterocycles. The zero-order chi connectivity index (χ0) is 14.0. The normalized spacial score (nSPS) is 19.6. The lowest BCUT2D eigenvalue weighted by molar-refractivity contribution is 0.127. The summed E-state index contributed by atoms with van der Waals surface area (Å²) < 4.78 is 32.3. The summed E-state index contributed by atoms with van der Waals surface area (Å²) in [4.78, 5) is 0. The molecular weight excluding hydrogens is 264 g/mol. The van der Waals surface area contributed by atoms with Gasteiger partial charge in [-0.15, -0.1) is 0 Å². The van der Waals surface area contributed by atoms with Gasteiger partial charge >= 0.3 is 0 Å². The van der Waals surface area contributed by atoms with Crippen molar-refractivity contribution in [2.75, 3.05) is 22.8 Å². The van der Waals surface area contributed by atoms with Crippen molar-refractivity contribution in [2.45, 2.75) is 32.8 Å². The Kier molecular flexibility index (Phi) is 4.01. The highest BCUT2D eigenvalue weighted by Gasteiger charge is 2.24. The standard InChI is InChI=1S/C13H20N2O3S/c1-9-6-11(14)7-10(2)13(9)15-19(16,17)8-12-4-3-5-18-12/h6-7,12,15H,3-5,8,14H2,1-2H3. The van der Waals surface area contributed by atoms with Crippen LogP contribution in [-0.4, -0.2) is 26.9 Å². The van der Waals surface area contributed by atoms with E-state index in [1.807, 2.05) is 13.8 Å². The molecule has 1 aromatic carbocycles. The molecule has 0 bridgehead atoms. The zero-order valence-corrected chi connectivity index (χ0v) is 12.1. The Labute approximate surface area is 114 Å². The maximum absolute atomic E-state index is 12.1. The van der Waals surface area contributed by atoms with Crippen LogP contribution in [0.1, 0.15) is 24.0 Å². The molecule has 1 fully saturated rings. The quantitative estimate of drug-likeness (QED) is 0.826. The number of aryl methyl sites for hydroxylation is 2. The van der Waals surface area contributed by atoms with Gasteiger partial charge < -0.3 is 10.5 Å². The van der Waals surface area contributed by atoms with E-state index in [-0.39, 0.29) is 11.9 Å². The second kappa shape index (κ2) is 5.38. The van der Waals surface area contributed by atoms with Gasteiger partial charge in [-0.1, -0.05) is 0 Å². The molecule has 1 unspecified atom stereocenters. The second-order valence-electron chi connectivity index (χ2n) is 5.05. The van der Waals surface area contributed by atoms with Gasteiger partial charge in [0, 0.05) is 12.3 Å². The molecule has 0 aliphatic carbocycles. The summed E-state index contributed by atoms with van der Waals surface area (Å²) in [6.07, 6.45) is 1.55. The summed E-state index contributed by atoms with van der Waals surface area (Å²) in [5.41, 5.74) is 8.64. The van der Waals surface area contributed by atoms with Crippen molar-refractivity contribution < 1.29 is 13.2 Å². The molecule has 2 rings (SSSR count). The minimum atomic E-state index is -3.39. The van der Waals surface area contributed by atoms with Crippen LogP contribution in [0.5, 0.6) is 0 Å². The Morgan fingerprint density at radius 1 is 1.37 bits per heavy atom.